The van der Waals surface area contributed by atoms with Crippen LogP contribution in [0.4, 0.5) is 13.2 Å². The number of rotatable bonds is 5. The molecule has 28 heavy (non-hydrogen) atoms. The fourth-order valence-electron chi connectivity index (χ4n) is 2.78. The zero-order valence-corrected chi connectivity index (χ0v) is 15.8. The summed E-state index contributed by atoms with van der Waals surface area (Å²) in [5.41, 5.74) is 1.17. The van der Waals surface area contributed by atoms with Crippen molar-refractivity contribution in [2.45, 2.75) is 24.0 Å². The van der Waals surface area contributed by atoms with Gasteiger partial charge in [-0.3, -0.25) is 0 Å². The average Bonchev–Trinajstić information content (AvgIpc) is 2.67. The summed E-state index contributed by atoms with van der Waals surface area (Å²) in [6, 6.07) is 18.7. The summed E-state index contributed by atoms with van der Waals surface area (Å²) in [5, 5.41) is 0. The van der Waals surface area contributed by atoms with Crippen LogP contribution in [0.3, 0.4) is 0 Å². The molecule has 3 aromatic rings. The first-order valence-electron chi connectivity index (χ1n) is 8.48. The molecule has 0 amide bonds. The van der Waals surface area contributed by atoms with E-state index in [9.17, 15) is 21.6 Å². The van der Waals surface area contributed by atoms with Gasteiger partial charge in [-0.1, -0.05) is 60.2 Å². The Labute approximate surface area is 161 Å². The van der Waals surface area contributed by atoms with Crippen LogP contribution in [0, 0.1) is 6.92 Å². The molecule has 3 nitrogen and oxygen atoms in total. The van der Waals surface area contributed by atoms with Crippen LogP contribution < -0.4 is 4.72 Å². The first-order valence-corrected chi connectivity index (χ1v) is 9.96. The van der Waals surface area contributed by atoms with Gasteiger partial charge in [-0.25, -0.2) is 8.42 Å². The molecule has 0 bridgehead atoms. The summed E-state index contributed by atoms with van der Waals surface area (Å²) in [5.74, 6) is 0. The SMILES string of the molecule is Cc1ccc(S(=O)(=O)N[C@H](c2ccccc2)c2ccc(C(F)(F)F)cc2)cc1. The van der Waals surface area contributed by atoms with Gasteiger partial charge in [0.05, 0.1) is 16.5 Å². The molecule has 1 atom stereocenters. The Morgan fingerprint density at radius 1 is 0.786 bits per heavy atom. The van der Waals surface area contributed by atoms with Crippen LogP contribution in [0.15, 0.2) is 83.8 Å². The Morgan fingerprint density at radius 2 is 1.32 bits per heavy atom. The van der Waals surface area contributed by atoms with Gasteiger partial charge in [0.2, 0.25) is 10.0 Å². The van der Waals surface area contributed by atoms with E-state index in [-0.39, 0.29) is 4.90 Å². The molecule has 0 aliphatic rings. The lowest BCUT2D eigenvalue weighted by Gasteiger charge is -2.20. The summed E-state index contributed by atoms with van der Waals surface area (Å²) >= 11 is 0. The minimum absolute atomic E-state index is 0.0888. The Hall–Kier alpha value is -2.64. The topological polar surface area (TPSA) is 46.2 Å². The summed E-state index contributed by atoms with van der Waals surface area (Å²) in [6.45, 7) is 1.85. The number of hydrogen-bond acceptors (Lipinski definition) is 2. The lowest BCUT2D eigenvalue weighted by Crippen LogP contribution is -2.29. The molecule has 146 valence electrons. The molecule has 0 heterocycles. The van der Waals surface area contributed by atoms with E-state index in [1.54, 1.807) is 42.5 Å². The van der Waals surface area contributed by atoms with Crippen molar-refractivity contribution in [3.05, 3.63) is 101 Å². The molecule has 0 aromatic heterocycles. The Morgan fingerprint density at radius 3 is 1.86 bits per heavy atom. The van der Waals surface area contributed by atoms with Gasteiger partial charge in [-0.15, -0.1) is 0 Å². The van der Waals surface area contributed by atoms with E-state index in [1.807, 2.05) is 6.92 Å². The Bertz CT molecular complexity index is 1030. The highest BCUT2D eigenvalue weighted by atomic mass is 32.2. The highest BCUT2D eigenvalue weighted by molar-refractivity contribution is 7.89. The maximum atomic E-state index is 12.9. The molecule has 0 unspecified atom stereocenters. The average molecular weight is 405 g/mol. The van der Waals surface area contributed by atoms with Crippen molar-refractivity contribution in [3.8, 4) is 0 Å². The highest BCUT2D eigenvalue weighted by Gasteiger charge is 2.31. The van der Waals surface area contributed by atoms with Crippen molar-refractivity contribution < 1.29 is 21.6 Å². The quantitative estimate of drug-likeness (QED) is 0.643. The van der Waals surface area contributed by atoms with Crippen molar-refractivity contribution in [3.63, 3.8) is 0 Å². The smallest absolute Gasteiger partial charge is 0.207 e. The third-order valence-corrected chi connectivity index (χ3v) is 5.75. The van der Waals surface area contributed by atoms with Crippen LogP contribution in [0.1, 0.15) is 28.3 Å². The van der Waals surface area contributed by atoms with Crippen LogP contribution in [-0.2, 0) is 16.2 Å². The molecule has 0 aliphatic heterocycles. The lowest BCUT2D eigenvalue weighted by molar-refractivity contribution is -0.137. The van der Waals surface area contributed by atoms with Crippen LogP contribution in [0.25, 0.3) is 0 Å². The van der Waals surface area contributed by atoms with Gasteiger partial charge in [0.1, 0.15) is 0 Å². The van der Waals surface area contributed by atoms with Crippen molar-refractivity contribution in [2.24, 2.45) is 0 Å². The third-order valence-electron chi connectivity index (χ3n) is 4.31. The minimum Gasteiger partial charge on any atom is -0.207 e. The first-order chi connectivity index (χ1) is 13.2. The molecule has 0 saturated heterocycles. The number of sulfonamides is 1. The summed E-state index contributed by atoms with van der Waals surface area (Å²) in [6.07, 6.45) is -4.46. The van der Waals surface area contributed by atoms with Gasteiger partial charge in [-0.2, -0.15) is 17.9 Å². The number of benzene rings is 3. The molecule has 1 N–H and O–H groups in total. The number of nitrogens with one attached hydrogen (secondary N) is 1. The zero-order chi connectivity index (χ0) is 20.4. The van der Waals surface area contributed by atoms with Crippen molar-refractivity contribution in [2.75, 3.05) is 0 Å². The summed E-state index contributed by atoms with van der Waals surface area (Å²) in [4.78, 5) is 0.0888. The maximum absolute atomic E-state index is 12.9. The standard InChI is InChI=1S/C21H18F3NO2S/c1-15-7-13-19(14-8-15)28(26,27)25-20(16-5-3-2-4-6-16)17-9-11-18(12-10-17)21(22,23)24/h2-14,20,25H,1H3/t20-/m1/s1. The second kappa shape index (κ2) is 7.77. The monoisotopic (exact) mass is 405 g/mol. The van der Waals surface area contributed by atoms with Crippen LogP contribution in [-0.4, -0.2) is 8.42 Å². The number of alkyl halides is 3. The highest BCUT2D eigenvalue weighted by Crippen LogP contribution is 2.31. The Kier molecular flexibility index (Phi) is 5.58. The third kappa shape index (κ3) is 4.61. The van der Waals surface area contributed by atoms with Gasteiger partial charge < -0.3 is 0 Å². The molecule has 0 fully saturated rings. The predicted octanol–water partition coefficient (Wildman–Crippen LogP) is 5.08. The lowest BCUT2D eigenvalue weighted by atomic mass is 9.98. The maximum Gasteiger partial charge on any atom is 0.416 e. The molecule has 3 rings (SSSR count). The van der Waals surface area contributed by atoms with Gasteiger partial charge in [0.25, 0.3) is 0 Å². The van der Waals surface area contributed by atoms with Crippen LogP contribution in [0.5, 0.6) is 0 Å². The number of hydrogen-bond donors (Lipinski definition) is 1. The molecular weight excluding hydrogens is 387 g/mol. The normalized spacial score (nSPS) is 13.3. The van der Waals surface area contributed by atoms with E-state index in [4.69, 9.17) is 0 Å². The number of halogens is 3. The van der Waals surface area contributed by atoms with Crippen molar-refractivity contribution in [1.82, 2.24) is 4.72 Å². The minimum atomic E-state index is -4.46. The van der Waals surface area contributed by atoms with Crippen molar-refractivity contribution in [1.29, 1.82) is 0 Å². The zero-order valence-electron chi connectivity index (χ0n) is 14.9. The fourth-order valence-corrected chi connectivity index (χ4v) is 3.99. The van der Waals surface area contributed by atoms with Crippen LogP contribution in [0.2, 0.25) is 0 Å². The van der Waals surface area contributed by atoms with Crippen molar-refractivity contribution >= 4 is 10.0 Å². The molecule has 7 heteroatoms. The van der Waals surface area contributed by atoms with E-state index in [1.165, 1.54) is 24.3 Å². The number of aryl methyl sites for hydroxylation is 1. The van der Waals surface area contributed by atoms with E-state index < -0.39 is 27.8 Å². The second-order valence-corrected chi connectivity index (χ2v) is 8.11. The van der Waals surface area contributed by atoms with Gasteiger partial charge in [-0.05, 0) is 42.3 Å². The summed E-state index contributed by atoms with van der Waals surface area (Å²) in [7, 11) is -3.88. The molecule has 0 saturated carbocycles. The van der Waals surface area contributed by atoms with Gasteiger partial charge >= 0.3 is 6.18 Å². The van der Waals surface area contributed by atoms with E-state index in [0.717, 1.165) is 17.7 Å². The van der Waals surface area contributed by atoms with Crippen LogP contribution >= 0.6 is 0 Å². The summed E-state index contributed by atoms with van der Waals surface area (Å²) < 4.78 is 66.9. The fraction of sp³-hybridized carbons (Fsp3) is 0.143. The van der Waals surface area contributed by atoms with Gasteiger partial charge in [0, 0.05) is 0 Å². The van der Waals surface area contributed by atoms with Gasteiger partial charge in [0.15, 0.2) is 0 Å². The van der Waals surface area contributed by atoms with E-state index in [2.05, 4.69) is 4.72 Å². The Balaban J connectivity index is 2.00. The second-order valence-electron chi connectivity index (χ2n) is 6.40. The first kappa shape index (κ1) is 20.1. The predicted molar refractivity (Wildman–Crippen MR) is 101 cm³/mol. The molecular formula is C21H18F3NO2S. The molecule has 0 aliphatic carbocycles. The largest absolute Gasteiger partial charge is 0.416 e. The van der Waals surface area contributed by atoms with E-state index >= 15 is 0 Å². The molecule has 0 radical (unpaired) electrons. The van der Waals surface area contributed by atoms with E-state index in [0.29, 0.717) is 11.1 Å². The molecule has 3 aromatic carbocycles. The molecule has 0 spiro atoms.